The maximum absolute atomic E-state index is 12.1. The molecule has 2 aromatic carbocycles. The van der Waals surface area contributed by atoms with Gasteiger partial charge in [0.25, 0.3) is 0 Å². The third-order valence-corrected chi connectivity index (χ3v) is 6.13. The fourth-order valence-corrected chi connectivity index (χ4v) is 4.65. The van der Waals surface area contributed by atoms with Gasteiger partial charge in [0.15, 0.2) is 4.34 Å². The Kier molecular flexibility index (Phi) is 8.77. The summed E-state index contributed by atoms with van der Waals surface area (Å²) in [6.45, 7) is 1.10. The molecule has 3 rings (SSSR count). The molecule has 2 amide bonds. The molecule has 33 heavy (non-hydrogen) atoms. The van der Waals surface area contributed by atoms with E-state index in [1.807, 2.05) is 12.1 Å². The number of nitrogens with one attached hydrogen (secondary N) is 2. The zero-order valence-corrected chi connectivity index (χ0v) is 19.3. The van der Waals surface area contributed by atoms with Crippen molar-refractivity contribution in [3.05, 3.63) is 48.0 Å². The smallest absolute Gasteiger partial charge is 0.302 e. The fourth-order valence-electron chi connectivity index (χ4n) is 2.65. The molecule has 1 heterocycles. The maximum Gasteiger partial charge on any atom is 0.302 e. The van der Waals surface area contributed by atoms with Crippen LogP contribution in [0.25, 0.3) is 10.2 Å². The third kappa shape index (κ3) is 7.87. The molecule has 0 saturated heterocycles. The van der Waals surface area contributed by atoms with Crippen molar-refractivity contribution in [2.75, 3.05) is 36.2 Å². The van der Waals surface area contributed by atoms with Crippen molar-refractivity contribution in [2.24, 2.45) is 0 Å². The summed E-state index contributed by atoms with van der Waals surface area (Å²) in [6.07, 6.45) is 0. The van der Waals surface area contributed by atoms with Gasteiger partial charge in [0.1, 0.15) is 19.8 Å². The molecule has 170 valence electrons. The van der Waals surface area contributed by atoms with Gasteiger partial charge in [-0.3, -0.25) is 14.4 Å². The molecule has 9 nitrogen and oxygen atoms in total. The molecule has 0 spiro atoms. The highest BCUT2D eigenvalue weighted by atomic mass is 32.2. The van der Waals surface area contributed by atoms with E-state index in [1.54, 1.807) is 36.4 Å². The molecule has 11 heteroatoms. The van der Waals surface area contributed by atoms with E-state index in [4.69, 9.17) is 14.7 Å². The van der Waals surface area contributed by atoms with Crippen LogP contribution in [0.1, 0.15) is 12.5 Å². The minimum Gasteiger partial charge on any atom is -0.465 e. The summed E-state index contributed by atoms with van der Waals surface area (Å²) in [7, 11) is 0. The van der Waals surface area contributed by atoms with Crippen LogP contribution in [0, 0.1) is 11.3 Å². The third-order valence-electron chi connectivity index (χ3n) is 4.01. The van der Waals surface area contributed by atoms with Gasteiger partial charge in [0, 0.05) is 24.1 Å². The number of hydrogen-bond acceptors (Lipinski definition) is 9. The zero-order chi connectivity index (χ0) is 23.6. The van der Waals surface area contributed by atoms with Gasteiger partial charge >= 0.3 is 5.97 Å². The van der Waals surface area contributed by atoms with Crippen LogP contribution in [0.4, 0.5) is 11.4 Å². The van der Waals surface area contributed by atoms with Crippen LogP contribution in [0.15, 0.2) is 46.8 Å². The Morgan fingerprint density at radius 2 is 1.82 bits per heavy atom. The molecule has 1 aromatic heterocycles. The average molecular weight is 485 g/mol. The lowest BCUT2D eigenvalue weighted by Gasteiger charge is -2.07. The lowest BCUT2D eigenvalue weighted by atomic mass is 10.2. The summed E-state index contributed by atoms with van der Waals surface area (Å²) in [6, 6.07) is 13.8. The summed E-state index contributed by atoms with van der Waals surface area (Å²) < 4.78 is 11.8. The van der Waals surface area contributed by atoms with Gasteiger partial charge in [-0.1, -0.05) is 17.8 Å². The Bertz CT molecular complexity index is 1200. The van der Waals surface area contributed by atoms with Crippen molar-refractivity contribution < 1.29 is 23.9 Å². The van der Waals surface area contributed by atoms with Crippen molar-refractivity contribution in [1.29, 1.82) is 5.26 Å². The summed E-state index contributed by atoms with van der Waals surface area (Å²) >= 11 is 2.97. The summed E-state index contributed by atoms with van der Waals surface area (Å²) in [5, 5.41) is 14.2. The van der Waals surface area contributed by atoms with Crippen LogP contribution in [-0.4, -0.2) is 48.3 Å². The quantitative estimate of drug-likeness (QED) is 0.254. The summed E-state index contributed by atoms with van der Waals surface area (Å²) in [5.41, 5.74) is 2.31. The second-order valence-electron chi connectivity index (χ2n) is 6.63. The first kappa shape index (κ1) is 24.2. The Morgan fingerprint density at radius 1 is 1.09 bits per heavy atom. The highest BCUT2D eigenvalue weighted by Crippen LogP contribution is 2.31. The van der Waals surface area contributed by atoms with Gasteiger partial charge < -0.3 is 20.1 Å². The normalized spacial score (nSPS) is 10.4. The first-order chi connectivity index (χ1) is 15.9. The summed E-state index contributed by atoms with van der Waals surface area (Å²) in [5.74, 6) is -0.524. The van der Waals surface area contributed by atoms with E-state index >= 15 is 0 Å². The molecule has 0 saturated carbocycles. The number of ether oxygens (including phenoxy) is 2. The number of rotatable bonds is 10. The van der Waals surface area contributed by atoms with E-state index in [0.29, 0.717) is 29.3 Å². The van der Waals surface area contributed by atoms with Crippen LogP contribution in [0.5, 0.6) is 0 Å². The molecule has 0 radical (unpaired) electrons. The number of fused-ring (bicyclic) bond motifs is 1. The van der Waals surface area contributed by atoms with Crippen LogP contribution in [-0.2, 0) is 23.9 Å². The topological polar surface area (TPSA) is 130 Å². The van der Waals surface area contributed by atoms with Gasteiger partial charge in [-0.05, 0) is 36.4 Å². The number of benzene rings is 2. The predicted octanol–water partition coefficient (Wildman–Crippen LogP) is 3.42. The van der Waals surface area contributed by atoms with Gasteiger partial charge in [-0.25, -0.2) is 4.98 Å². The Morgan fingerprint density at radius 3 is 2.52 bits per heavy atom. The second-order valence-corrected chi connectivity index (χ2v) is 9.01. The van der Waals surface area contributed by atoms with Crippen molar-refractivity contribution in [1.82, 2.24) is 4.98 Å². The number of aromatic nitrogens is 1. The van der Waals surface area contributed by atoms with Gasteiger partial charge in [-0.2, -0.15) is 5.26 Å². The Hall–Kier alpha value is -3.46. The zero-order valence-electron chi connectivity index (χ0n) is 17.6. The van der Waals surface area contributed by atoms with E-state index in [9.17, 15) is 14.4 Å². The molecule has 0 atom stereocenters. The first-order valence-corrected chi connectivity index (χ1v) is 11.6. The van der Waals surface area contributed by atoms with Crippen molar-refractivity contribution >= 4 is 62.5 Å². The van der Waals surface area contributed by atoms with E-state index in [0.717, 1.165) is 14.6 Å². The van der Waals surface area contributed by atoms with E-state index in [2.05, 4.69) is 15.6 Å². The number of nitrogens with zero attached hydrogens (tertiary/aromatic N) is 2. The summed E-state index contributed by atoms with van der Waals surface area (Å²) in [4.78, 5) is 39.4. The number of carbonyl (C=O) groups excluding carboxylic acids is 3. The number of amides is 2. The largest absolute Gasteiger partial charge is 0.465 e. The maximum atomic E-state index is 12.1. The molecule has 0 aliphatic carbocycles. The highest BCUT2D eigenvalue weighted by Gasteiger charge is 2.09. The molecule has 0 aliphatic rings. The number of thiazole rings is 1. The Balaban J connectivity index is 1.43. The minimum atomic E-state index is -0.428. The van der Waals surface area contributed by atoms with Gasteiger partial charge in [-0.15, -0.1) is 11.3 Å². The molecular weight excluding hydrogens is 464 g/mol. The van der Waals surface area contributed by atoms with Gasteiger partial charge in [0.2, 0.25) is 11.8 Å². The van der Waals surface area contributed by atoms with E-state index < -0.39 is 11.8 Å². The second kappa shape index (κ2) is 12.0. The molecule has 0 aliphatic heterocycles. The lowest BCUT2D eigenvalue weighted by Crippen LogP contribution is -2.23. The van der Waals surface area contributed by atoms with E-state index in [1.165, 1.54) is 30.0 Å². The van der Waals surface area contributed by atoms with Crippen LogP contribution < -0.4 is 10.6 Å². The lowest BCUT2D eigenvalue weighted by molar-refractivity contribution is -0.140. The molecule has 3 aromatic rings. The standard InChI is InChI=1S/C22H20N4O5S2/c1-14(27)31-7-8-32-22-26-18-6-5-17(10-19(18)33-22)25-21(29)13-30-12-20(28)24-16-4-2-3-15(9-16)11-23/h2-6,9-10H,7-8,12-13H2,1H3,(H,24,28)(H,25,29). The van der Waals surface area contributed by atoms with Crippen LogP contribution in [0.2, 0.25) is 0 Å². The number of carbonyl (C=O) groups is 3. The first-order valence-electron chi connectivity index (χ1n) is 9.77. The molecular formula is C22H20N4O5S2. The Labute approximate surface area is 198 Å². The number of esters is 1. The molecule has 2 N–H and O–H groups in total. The van der Waals surface area contributed by atoms with E-state index in [-0.39, 0.29) is 19.2 Å². The van der Waals surface area contributed by atoms with Crippen molar-refractivity contribution in [3.63, 3.8) is 0 Å². The monoisotopic (exact) mass is 484 g/mol. The number of hydrogen-bond donors (Lipinski definition) is 2. The number of thioether (sulfide) groups is 1. The van der Waals surface area contributed by atoms with Crippen molar-refractivity contribution in [3.8, 4) is 6.07 Å². The number of nitriles is 1. The van der Waals surface area contributed by atoms with Gasteiger partial charge in [0.05, 0.1) is 21.8 Å². The molecule has 0 fully saturated rings. The van der Waals surface area contributed by atoms with Crippen molar-refractivity contribution in [2.45, 2.75) is 11.3 Å². The average Bonchev–Trinajstić information content (AvgIpc) is 3.18. The molecule has 0 bridgehead atoms. The van der Waals surface area contributed by atoms with Crippen LogP contribution in [0.3, 0.4) is 0 Å². The highest BCUT2D eigenvalue weighted by molar-refractivity contribution is 8.01. The molecule has 0 unspecified atom stereocenters. The minimum absolute atomic E-state index is 0.288. The predicted molar refractivity (Wildman–Crippen MR) is 126 cm³/mol. The van der Waals surface area contributed by atoms with Crippen LogP contribution >= 0.6 is 23.1 Å². The fraction of sp³-hybridized carbons (Fsp3) is 0.227. The SMILES string of the molecule is CC(=O)OCCSc1nc2ccc(NC(=O)COCC(=O)Nc3cccc(C#N)c3)cc2s1. The number of anilines is 2.